The molecule has 1 unspecified atom stereocenters. The molecule has 96 valence electrons. The molecular formula is C16H15BrN2. The van der Waals surface area contributed by atoms with E-state index in [1.807, 2.05) is 24.3 Å². The second-order valence-corrected chi connectivity index (χ2v) is 5.42. The van der Waals surface area contributed by atoms with E-state index in [4.69, 9.17) is 5.26 Å². The Labute approximate surface area is 122 Å². The standard InChI is InChI=1S/C16H15BrN2/c1-11-6-7-15(9-16(11)17)19-12(2)14-5-3-4-13(8-14)10-18/h3-9,12,19H,1-2H3. The van der Waals surface area contributed by atoms with E-state index < -0.39 is 0 Å². The van der Waals surface area contributed by atoms with Gasteiger partial charge in [-0.15, -0.1) is 0 Å². The maximum Gasteiger partial charge on any atom is 0.0991 e. The largest absolute Gasteiger partial charge is 0.378 e. The molecule has 2 rings (SSSR count). The Morgan fingerprint density at radius 1 is 1.21 bits per heavy atom. The number of halogens is 1. The van der Waals surface area contributed by atoms with Crippen molar-refractivity contribution >= 4 is 21.6 Å². The number of benzene rings is 2. The topological polar surface area (TPSA) is 35.8 Å². The summed E-state index contributed by atoms with van der Waals surface area (Å²) in [6, 6.07) is 16.2. The van der Waals surface area contributed by atoms with Crippen LogP contribution in [0.5, 0.6) is 0 Å². The van der Waals surface area contributed by atoms with Gasteiger partial charge < -0.3 is 5.32 Å². The number of anilines is 1. The highest BCUT2D eigenvalue weighted by Crippen LogP contribution is 2.24. The van der Waals surface area contributed by atoms with Crippen molar-refractivity contribution in [2.45, 2.75) is 19.9 Å². The molecule has 1 N–H and O–H groups in total. The lowest BCUT2D eigenvalue weighted by molar-refractivity contribution is 0.884. The molecule has 1 atom stereocenters. The first-order valence-corrected chi connectivity index (χ1v) is 6.92. The molecule has 0 heterocycles. The molecule has 0 aliphatic rings. The lowest BCUT2D eigenvalue weighted by Crippen LogP contribution is -2.06. The maximum absolute atomic E-state index is 8.92. The normalized spacial score (nSPS) is 11.7. The lowest BCUT2D eigenvalue weighted by atomic mass is 10.1. The number of nitrogens with zero attached hydrogens (tertiary/aromatic N) is 1. The van der Waals surface area contributed by atoms with E-state index >= 15 is 0 Å². The smallest absolute Gasteiger partial charge is 0.0991 e. The van der Waals surface area contributed by atoms with Gasteiger partial charge in [-0.1, -0.05) is 34.1 Å². The quantitative estimate of drug-likeness (QED) is 0.883. The van der Waals surface area contributed by atoms with Gasteiger partial charge in [0.25, 0.3) is 0 Å². The monoisotopic (exact) mass is 314 g/mol. The highest BCUT2D eigenvalue weighted by molar-refractivity contribution is 9.10. The van der Waals surface area contributed by atoms with Gasteiger partial charge in [-0.05, 0) is 49.2 Å². The summed E-state index contributed by atoms with van der Waals surface area (Å²) in [7, 11) is 0. The summed E-state index contributed by atoms with van der Waals surface area (Å²) in [5.74, 6) is 0. The highest BCUT2D eigenvalue weighted by atomic mass is 79.9. The predicted molar refractivity (Wildman–Crippen MR) is 82.1 cm³/mol. The molecule has 0 aromatic heterocycles. The molecule has 0 amide bonds. The first kappa shape index (κ1) is 13.6. The third-order valence-electron chi connectivity index (χ3n) is 3.07. The zero-order valence-corrected chi connectivity index (χ0v) is 12.5. The second kappa shape index (κ2) is 5.90. The van der Waals surface area contributed by atoms with Crippen LogP contribution in [0.3, 0.4) is 0 Å². The number of hydrogen-bond acceptors (Lipinski definition) is 2. The van der Waals surface area contributed by atoms with Crippen molar-refractivity contribution in [2.75, 3.05) is 5.32 Å². The molecule has 0 bridgehead atoms. The Hall–Kier alpha value is -1.79. The molecule has 2 nitrogen and oxygen atoms in total. The summed E-state index contributed by atoms with van der Waals surface area (Å²) in [6.07, 6.45) is 0. The van der Waals surface area contributed by atoms with Crippen molar-refractivity contribution < 1.29 is 0 Å². The average molecular weight is 315 g/mol. The minimum absolute atomic E-state index is 0.155. The van der Waals surface area contributed by atoms with E-state index in [-0.39, 0.29) is 6.04 Å². The van der Waals surface area contributed by atoms with E-state index in [0.717, 1.165) is 15.7 Å². The third kappa shape index (κ3) is 3.36. The summed E-state index contributed by atoms with van der Waals surface area (Å²) in [5.41, 5.74) is 4.07. The summed E-state index contributed by atoms with van der Waals surface area (Å²) >= 11 is 3.53. The van der Waals surface area contributed by atoms with Crippen LogP contribution >= 0.6 is 15.9 Å². The van der Waals surface area contributed by atoms with Gasteiger partial charge in [0.15, 0.2) is 0 Å². The Morgan fingerprint density at radius 2 is 2.00 bits per heavy atom. The first-order chi connectivity index (χ1) is 9.10. The molecule has 0 radical (unpaired) electrons. The molecule has 19 heavy (non-hydrogen) atoms. The van der Waals surface area contributed by atoms with Crippen molar-refractivity contribution in [2.24, 2.45) is 0 Å². The number of aryl methyl sites for hydroxylation is 1. The fourth-order valence-corrected chi connectivity index (χ4v) is 2.27. The fraction of sp³-hybridized carbons (Fsp3) is 0.188. The van der Waals surface area contributed by atoms with E-state index in [2.05, 4.69) is 59.4 Å². The Bertz CT molecular complexity index is 629. The van der Waals surface area contributed by atoms with Gasteiger partial charge >= 0.3 is 0 Å². The van der Waals surface area contributed by atoms with Crippen LogP contribution in [0.4, 0.5) is 5.69 Å². The predicted octanol–water partition coefficient (Wildman–Crippen LogP) is 4.80. The average Bonchev–Trinajstić information content (AvgIpc) is 2.43. The zero-order valence-electron chi connectivity index (χ0n) is 10.9. The van der Waals surface area contributed by atoms with Crippen LogP contribution in [-0.2, 0) is 0 Å². The first-order valence-electron chi connectivity index (χ1n) is 6.13. The molecule has 0 saturated carbocycles. The van der Waals surface area contributed by atoms with Gasteiger partial charge in [0, 0.05) is 16.2 Å². The van der Waals surface area contributed by atoms with Crippen LogP contribution < -0.4 is 5.32 Å². The van der Waals surface area contributed by atoms with Crippen LogP contribution in [0.15, 0.2) is 46.9 Å². The molecule has 0 aliphatic heterocycles. The van der Waals surface area contributed by atoms with Crippen molar-refractivity contribution in [3.8, 4) is 6.07 Å². The number of nitriles is 1. The second-order valence-electron chi connectivity index (χ2n) is 4.57. The Kier molecular flexibility index (Phi) is 4.24. The van der Waals surface area contributed by atoms with Crippen LogP contribution in [0.2, 0.25) is 0 Å². The van der Waals surface area contributed by atoms with Gasteiger partial charge in [0.2, 0.25) is 0 Å². The molecule has 0 saturated heterocycles. The van der Waals surface area contributed by atoms with Gasteiger partial charge in [0.1, 0.15) is 0 Å². The third-order valence-corrected chi connectivity index (χ3v) is 3.93. The van der Waals surface area contributed by atoms with Crippen molar-refractivity contribution in [3.05, 3.63) is 63.6 Å². The summed E-state index contributed by atoms with van der Waals surface area (Å²) in [6.45, 7) is 4.15. The molecule has 2 aromatic carbocycles. The van der Waals surface area contributed by atoms with Gasteiger partial charge in [-0.25, -0.2) is 0 Å². The van der Waals surface area contributed by atoms with E-state index in [1.165, 1.54) is 5.56 Å². The van der Waals surface area contributed by atoms with Gasteiger partial charge in [-0.2, -0.15) is 5.26 Å². The number of rotatable bonds is 3. The van der Waals surface area contributed by atoms with Crippen molar-refractivity contribution in [1.29, 1.82) is 5.26 Å². The van der Waals surface area contributed by atoms with Crippen LogP contribution in [0, 0.1) is 18.3 Å². The number of nitrogens with one attached hydrogen (secondary N) is 1. The van der Waals surface area contributed by atoms with E-state index in [9.17, 15) is 0 Å². The van der Waals surface area contributed by atoms with E-state index in [1.54, 1.807) is 0 Å². The summed E-state index contributed by atoms with van der Waals surface area (Å²) in [5, 5.41) is 12.4. The van der Waals surface area contributed by atoms with E-state index in [0.29, 0.717) is 5.56 Å². The number of hydrogen-bond donors (Lipinski definition) is 1. The highest BCUT2D eigenvalue weighted by Gasteiger charge is 2.06. The molecular weight excluding hydrogens is 300 g/mol. The van der Waals surface area contributed by atoms with Crippen molar-refractivity contribution in [1.82, 2.24) is 0 Å². The van der Waals surface area contributed by atoms with Gasteiger partial charge in [0.05, 0.1) is 11.6 Å². The Morgan fingerprint density at radius 3 is 2.68 bits per heavy atom. The zero-order chi connectivity index (χ0) is 13.8. The van der Waals surface area contributed by atoms with Crippen molar-refractivity contribution in [3.63, 3.8) is 0 Å². The maximum atomic E-state index is 8.92. The van der Waals surface area contributed by atoms with Crippen LogP contribution in [0.25, 0.3) is 0 Å². The molecule has 3 heteroatoms. The molecule has 2 aromatic rings. The minimum atomic E-state index is 0.155. The van der Waals surface area contributed by atoms with Crippen LogP contribution in [0.1, 0.15) is 29.7 Å². The summed E-state index contributed by atoms with van der Waals surface area (Å²) < 4.78 is 1.09. The lowest BCUT2D eigenvalue weighted by Gasteiger charge is -2.16. The Balaban J connectivity index is 2.18. The SMILES string of the molecule is Cc1ccc(NC(C)c2cccc(C#N)c2)cc1Br. The fourth-order valence-electron chi connectivity index (χ4n) is 1.89. The van der Waals surface area contributed by atoms with Crippen LogP contribution in [-0.4, -0.2) is 0 Å². The minimum Gasteiger partial charge on any atom is -0.378 e. The summed E-state index contributed by atoms with van der Waals surface area (Å²) in [4.78, 5) is 0. The molecule has 0 spiro atoms. The molecule has 0 fully saturated rings. The van der Waals surface area contributed by atoms with Gasteiger partial charge in [-0.3, -0.25) is 0 Å². The molecule has 0 aliphatic carbocycles.